The van der Waals surface area contributed by atoms with E-state index < -0.39 is 0 Å². The number of rotatable bonds is 4. The molecule has 1 aliphatic carbocycles. The van der Waals surface area contributed by atoms with Crippen LogP contribution in [0.5, 0.6) is 0 Å². The summed E-state index contributed by atoms with van der Waals surface area (Å²) in [5.74, 6) is 1.45. The fourth-order valence-electron chi connectivity index (χ4n) is 3.11. The maximum Gasteiger partial charge on any atom is 0.137 e. The minimum absolute atomic E-state index is 0.184. The van der Waals surface area contributed by atoms with Gasteiger partial charge in [0, 0.05) is 6.04 Å². The van der Waals surface area contributed by atoms with Gasteiger partial charge in [0.1, 0.15) is 5.82 Å². The van der Waals surface area contributed by atoms with Gasteiger partial charge >= 0.3 is 0 Å². The van der Waals surface area contributed by atoms with Gasteiger partial charge in [-0.15, -0.1) is 0 Å². The number of hydrogen-bond acceptors (Lipinski definition) is 1. The van der Waals surface area contributed by atoms with E-state index >= 15 is 0 Å². The van der Waals surface area contributed by atoms with Gasteiger partial charge in [-0.2, -0.15) is 0 Å². The van der Waals surface area contributed by atoms with Crippen molar-refractivity contribution in [2.45, 2.75) is 45.1 Å². The molecule has 0 aromatic heterocycles. The highest BCUT2D eigenvalue weighted by Gasteiger charge is 2.25. The lowest BCUT2D eigenvalue weighted by molar-refractivity contribution is 0.235. The molecule has 0 amide bonds. The molecule has 0 saturated heterocycles. The standard InChI is InChI=1S/C16H23BrFN/c1-11-3-6-13(7-4-11)16(19-2)10-12-5-8-15(18)14(17)9-12/h5,8-9,11,13,16,19H,3-4,6-7,10H2,1-2H3. The number of nitrogens with one attached hydrogen (secondary N) is 1. The van der Waals surface area contributed by atoms with Gasteiger partial charge in [0.05, 0.1) is 4.47 Å². The molecule has 1 N–H and O–H groups in total. The van der Waals surface area contributed by atoms with Gasteiger partial charge in [-0.1, -0.05) is 25.8 Å². The number of hydrogen-bond donors (Lipinski definition) is 1. The number of benzene rings is 1. The predicted octanol–water partition coefficient (Wildman–Crippen LogP) is 4.55. The Hall–Kier alpha value is -0.410. The van der Waals surface area contributed by atoms with Crippen LogP contribution in [0, 0.1) is 17.7 Å². The van der Waals surface area contributed by atoms with E-state index in [1.807, 2.05) is 19.2 Å². The lowest BCUT2D eigenvalue weighted by atomic mass is 9.78. The van der Waals surface area contributed by atoms with Crippen LogP contribution in [0.1, 0.15) is 38.2 Å². The molecule has 1 aromatic carbocycles. The van der Waals surface area contributed by atoms with Crippen LogP contribution in [-0.2, 0) is 6.42 Å². The fourth-order valence-corrected chi connectivity index (χ4v) is 3.54. The van der Waals surface area contributed by atoms with Gasteiger partial charge in [0.2, 0.25) is 0 Å². The first-order valence-electron chi connectivity index (χ1n) is 7.21. The summed E-state index contributed by atoms with van der Waals surface area (Å²) < 4.78 is 13.8. The zero-order valence-electron chi connectivity index (χ0n) is 11.8. The summed E-state index contributed by atoms with van der Waals surface area (Å²) in [6.45, 7) is 2.35. The quantitative estimate of drug-likeness (QED) is 0.855. The van der Waals surface area contributed by atoms with Gasteiger partial charge in [0.25, 0.3) is 0 Å². The van der Waals surface area contributed by atoms with Gasteiger partial charge < -0.3 is 5.32 Å². The first kappa shape index (κ1) is 15.0. The van der Waals surface area contributed by atoms with Crippen LogP contribution < -0.4 is 5.32 Å². The molecule has 1 atom stereocenters. The van der Waals surface area contributed by atoms with Crippen LogP contribution in [0.25, 0.3) is 0 Å². The van der Waals surface area contributed by atoms with Crippen molar-refractivity contribution in [2.24, 2.45) is 11.8 Å². The van der Waals surface area contributed by atoms with E-state index in [4.69, 9.17) is 0 Å². The molecule has 1 aliphatic rings. The second-order valence-electron chi connectivity index (χ2n) is 5.87. The van der Waals surface area contributed by atoms with Crippen LogP contribution >= 0.6 is 15.9 Å². The smallest absolute Gasteiger partial charge is 0.137 e. The maximum absolute atomic E-state index is 13.3. The van der Waals surface area contributed by atoms with Crippen LogP contribution in [0.15, 0.2) is 22.7 Å². The first-order chi connectivity index (χ1) is 9.10. The summed E-state index contributed by atoms with van der Waals surface area (Å²) in [7, 11) is 2.04. The van der Waals surface area contributed by atoms with E-state index in [1.54, 1.807) is 6.07 Å². The summed E-state index contributed by atoms with van der Waals surface area (Å²) in [5, 5.41) is 3.46. The lowest BCUT2D eigenvalue weighted by Crippen LogP contribution is -2.37. The molecule has 2 rings (SSSR count). The average molecular weight is 328 g/mol. The third-order valence-corrected chi connectivity index (χ3v) is 5.05. The Kier molecular flexibility index (Phi) is 5.40. The summed E-state index contributed by atoms with van der Waals surface area (Å²) in [4.78, 5) is 0. The Morgan fingerprint density at radius 3 is 2.58 bits per heavy atom. The molecule has 1 nitrogen and oxygen atoms in total. The molecule has 1 fully saturated rings. The fraction of sp³-hybridized carbons (Fsp3) is 0.625. The maximum atomic E-state index is 13.3. The van der Waals surface area contributed by atoms with Crippen molar-refractivity contribution >= 4 is 15.9 Å². The molecule has 19 heavy (non-hydrogen) atoms. The topological polar surface area (TPSA) is 12.0 Å². The van der Waals surface area contributed by atoms with E-state index in [9.17, 15) is 4.39 Å². The van der Waals surface area contributed by atoms with Crippen molar-refractivity contribution in [3.63, 3.8) is 0 Å². The number of halogens is 2. The monoisotopic (exact) mass is 327 g/mol. The van der Waals surface area contributed by atoms with Crippen LogP contribution in [0.3, 0.4) is 0 Å². The highest BCUT2D eigenvalue weighted by molar-refractivity contribution is 9.10. The van der Waals surface area contributed by atoms with Gasteiger partial charge in [0.15, 0.2) is 0 Å². The average Bonchev–Trinajstić information content (AvgIpc) is 2.41. The second kappa shape index (κ2) is 6.85. The largest absolute Gasteiger partial charge is 0.316 e. The first-order valence-corrected chi connectivity index (χ1v) is 8.00. The molecular formula is C16H23BrFN. The summed E-state index contributed by atoms with van der Waals surface area (Å²) in [6.07, 6.45) is 6.30. The molecule has 0 spiro atoms. The Morgan fingerprint density at radius 1 is 1.32 bits per heavy atom. The number of likely N-dealkylation sites (N-methyl/N-ethyl adjacent to an activating group) is 1. The molecule has 0 aliphatic heterocycles. The van der Waals surface area contributed by atoms with E-state index in [0.29, 0.717) is 10.5 Å². The summed E-state index contributed by atoms with van der Waals surface area (Å²) in [5.41, 5.74) is 1.20. The SMILES string of the molecule is CNC(Cc1ccc(F)c(Br)c1)C1CCC(C)CC1. The Bertz CT molecular complexity index is 413. The Morgan fingerprint density at radius 2 is 2.00 bits per heavy atom. The van der Waals surface area contributed by atoms with E-state index in [-0.39, 0.29) is 5.82 Å². The van der Waals surface area contributed by atoms with E-state index in [1.165, 1.54) is 31.2 Å². The van der Waals surface area contributed by atoms with Crippen molar-refractivity contribution in [3.8, 4) is 0 Å². The van der Waals surface area contributed by atoms with Gasteiger partial charge in [-0.05, 0) is 71.8 Å². The lowest BCUT2D eigenvalue weighted by Gasteiger charge is -2.32. The second-order valence-corrected chi connectivity index (χ2v) is 6.72. The molecule has 3 heteroatoms. The third-order valence-electron chi connectivity index (χ3n) is 4.44. The zero-order chi connectivity index (χ0) is 13.8. The van der Waals surface area contributed by atoms with E-state index in [2.05, 4.69) is 28.2 Å². The van der Waals surface area contributed by atoms with Crippen molar-refractivity contribution < 1.29 is 4.39 Å². The minimum Gasteiger partial charge on any atom is -0.316 e. The molecule has 106 valence electrons. The third kappa shape index (κ3) is 4.03. The minimum atomic E-state index is -0.184. The molecule has 1 saturated carbocycles. The van der Waals surface area contributed by atoms with Crippen molar-refractivity contribution in [1.29, 1.82) is 0 Å². The molecule has 0 heterocycles. The summed E-state index contributed by atoms with van der Waals surface area (Å²) in [6, 6.07) is 5.86. The predicted molar refractivity (Wildman–Crippen MR) is 81.8 cm³/mol. The van der Waals surface area contributed by atoms with Crippen LogP contribution in [0.2, 0.25) is 0 Å². The van der Waals surface area contributed by atoms with Gasteiger partial charge in [-0.25, -0.2) is 4.39 Å². The molecule has 1 aromatic rings. The van der Waals surface area contributed by atoms with Crippen molar-refractivity contribution in [2.75, 3.05) is 7.05 Å². The molecule has 0 radical (unpaired) electrons. The molecule has 1 unspecified atom stereocenters. The normalized spacial score (nSPS) is 25.3. The van der Waals surface area contributed by atoms with E-state index in [0.717, 1.165) is 18.3 Å². The highest BCUT2D eigenvalue weighted by atomic mass is 79.9. The molecule has 0 bridgehead atoms. The van der Waals surface area contributed by atoms with Crippen LogP contribution in [0.4, 0.5) is 4.39 Å². The van der Waals surface area contributed by atoms with Crippen LogP contribution in [-0.4, -0.2) is 13.1 Å². The van der Waals surface area contributed by atoms with Crippen molar-refractivity contribution in [3.05, 3.63) is 34.1 Å². The Balaban J connectivity index is 2.00. The highest BCUT2D eigenvalue weighted by Crippen LogP contribution is 2.31. The van der Waals surface area contributed by atoms with Crippen molar-refractivity contribution in [1.82, 2.24) is 5.32 Å². The summed E-state index contributed by atoms with van der Waals surface area (Å²) >= 11 is 3.27. The van der Waals surface area contributed by atoms with Gasteiger partial charge in [-0.3, -0.25) is 0 Å². The zero-order valence-corrected chi connectivity index (χ0v) is 13.3. The Labute approximate surface area is 124 Å². The molecular weight excluding hydrogens is 305 g/mol.